The molecule has 8 heavy (non-hydrogen) atoms. The van der Waals surface area contributed by atoms with Crippen molar-refractivity contribution in [2.75, 3.05) is 0 Å². The smallest absolute Gasteiger partial charge is 0.122 e. The molecule has 0 amide bonds. The Bertz CT molecular complexity index is 64.4. The molecule has 1 aliphatic rings. The van der Waals surface area contributed by atoms with Crippen LogP contribution in [0.2, 0.25) is 0 Å². The van der Waals surface area contributed by atoms with E-state index in [2.05, 4.69) is 19.9 Å². The van der Waals surface area contributed by atoms with E-state index >= 15 is 0 Å². The van der Waals surface area contributed by atoms with Crippen LogP contribution in [0.1, 0.15) is 13.8 Å². The van der Waals surface area contributed by atoms with Gasteiger partial charge in [0.2, 0.25) is 0 Å². The topological polar surface area (TPSA) is 36.9 Å². The minimum absolute atomic E-state index is 0.0660. The highest BCUT2D eigenvalue weighted by molar-refractivity contribution is 4.55. The fourth-order valence-corrected chi connectivity index (χ4v) is 0.312. The Morgan fingerprint density at radius 2 is 1.25 bits per heavy atom. The second-order valence-electron chi connectivity index (χ2n) is 1.74. The van der Waals surface area contributed by atoms with Crippen molar-refractivity contribution in [2.24, 2.45) is 0 Å². The molecular formula is C4H8O4. The van der Waals surface area contributed by atoms with Gasteiger partial charge in [0, 0.05) is 0 Å². The van der Waals surface area contributed by atoms with E-state index in [1.165, 1.54) is 0 Å². The summed E-state index contributed by atoms with van der Waals surface area (Å²) in [7, 11) is 0. The molecule has 0 bridgehead atoms. The number of hydrogen-bond donors (Lipinski definition) is 0. The molecule has 0 aromatic rings. The lowest BCUT2D eigenvalue weighted by Gasteiger charge is -2.20. The fraction of sp³-hybridized carbons (Fsp3) is 1.00. The molecule has 48 valence electrons. The molecule has 2 unspecified atom stereocenters. The molecule has 1 aliphatic heterocycles. The number of rotatable bonds is 0. The zero-order valence-corrected chi connectivity index (χ0v) is 4.79. The Hall–Kier alpha value is -0.160. The van der Waals surface area contributed by atoms with E-state index in [1.807, 2.05) is 13.8 Å². The number of hydrogen-bond acceptors (Lipinski definition) is 4. The standard InChI is InChI=1S/C4H8O4/c1-3-4(2)6-8-7-5-3/h3-4H,1-2H3. The Morgan fingerprint density at radius 1 is 0.875 bits per heavy atom. The summed E-state index contributed by atoms with van der Waals surface area (Å²) in [4.78, 5) is 9.09. The third-order valence-electron chi connectivity index (χ3n) is 1.07. The second-order valence-corrected chi connectivity index (χ2v) is 1.74. The van der Waals surface area contributed by atoms with Crippen LogP contribution in [-0.4, -0.2) is 12.2 Å². The minimum Gasteiger partial charge on any atom is -0.198 e. The molecule has 4 heteroatoms. The van der Waals surface area contributed by atoms with Gasteiger partial charge in [0.25, 0.3) is 0 Å². The van der Waals surface area contributed by atoms with Crippen molar-refractivity contribution in [1.82, 2.24) is 0 Å². The first kappa shape index (κ1) is 5.97. The van der Waals surface area contributed by atoms with Gasteiger partial charge < -0.3 is 0 Å². The van der Waals surface area contributed by atoms with Gasteiger partial charge in [-0.2, -0.15) is 9.78 Å². The monoisotopic (exact) mass is 120 g/mol. The van der Waals surface area contributed by atoms with Crippen molar-refractivity contribution < 1.29 is 19.9 Å². The summed E-state index contributed by atoms with van der Waals surface area (Å²) in [5.41, 5.74) is 0. The molecule has 0 aliphatic carbocycles. The predicted octanol–water partition coefficient (Wildman–Crippen LogP) is 0.588. The largest absolute Gasteiger partial charge is 0.198 e. The second kappa shape index (κ2) is 2.41. The van der Waals surface area contributed by atoms with Crippen molar-refractivity contribution in [2.45, 2.75) is 26.1 Å². The van der Waals surface area contributed by atoms with Crippen LogP contribution in [0.3, 0.4) is 0 Å². The third kappa shape index (κ3) is 1.16. The molecule has 4 nitrogen and oxygen atoms in total. The van der Waals surface area contributed by atoms with E-state index < -0.39 is 0 Å². The van der Waals surface area contributed by atoms with Crippen molar-refractivity contribution >= 4 is 0 Å². The minimum atomic E-state index is -0.0660. The van der Waals surface area contributed by atoms with Gasteiger partial charge in [-0.3, -0.25) is 0 Å². The summed E-state index contributed by atoms with van der Waals surface area (Å²) in [5, 5.41) is 8.06. The Kier molecular flexibility index (Phi) is 1.80. The van der Waals surface area contributed by atoms with Gasteiger partial charge in [0.15, 0.2) is 0 Å². The lowest BCUT2D eigenvalue weighted by molar-refractivity contribution is -0.686. The lowest BCUT2D eigenvalue weighted by Crippen LogP contribution is -2.31. The molecule has 1 fully saturated rings. The lowest BCUT2D eigenvalue weighted by atomic mass is 10.3. The van der Waals surface area contributed by atoms with Gasteiger partial charge in [-0.05, 0) is 23.9 Å². The van der Waals surface area contributed by atoms with Gasteiger partial charge in [0.05, 0.1) is 0 Å². The van der Waals surface area contributed by atoms with Gasteiger partial charge in [-0.15, -0.1) is 0 Å². The Morgan fingerprint density at radius 3 is 1.50 bits per heavy atom. The zero-order chi connectivity index (χ0) is 5.98. The Balaban J connectivity index is 2.28. The van der Waals surface area contributed by atoms with Crippen molar-refractivity contribution in [3.63, 3.8) is 0 Å². The van der Waals surface area contributed by atoms with E-state index in [0.717, 1.165) is 0 Å². The van der Waals surface area contributed by atoms with Crippen LogP contribution >= 0.6 is 0 Å². The first-order valence-corrected chi connectivity index (χ1v) is 2.46. The molecule has 0 saturated carbocycles. The van der Waals surface area contributed by atoms with Crippen LogP contribution < -0.4 is 0 Å². The van der Waals surface area contributed by atoms with Crippen molar-refractivity contribution in [3.05, 3.63) is 0 Å². The Labute approximate surface area is 47.1 Å². The van der Waals surface area contributed by atoms with E-state index in [1.54, 1.807) is 0 Å². The van der Waals surface area contributed by atoms with Gasteiger partial charge in [0.1, 0.15) is 12.2 Å². The molecule has 0 aromatic carbocycles. The predicted molar refractivity (Wildman–Crippen MR) is 23.3 cm³/mol. The van der Waals surface area contributed by atoms with Crippen LogP contribution in [0, 0.1) is 0 Å². The summed E-state index contributed by atoms with van der Waals surface area (Å²) in [5.74, 6) is 0. The summed E-state index contributed by atoms with van der Waals surface area (Å²) < 4.78 is 0. The van der Waals surface area contributed by atoms with Crippen molar-refractivity contribution in [3.8, 4) is 0 Å². The third-order valence-corrected chi connectivity index (χ3v) is 1.07. The molecule has 0 N–H and O–H groups in total. The van der Waals surface area contributed by atoms with E-state index in [4.69, 9.17) is 0 Å². The van der Waals surface area contributed by atoms with Crippen molar-refractivity contribution in [1.29, 1.82) is 0 Å². The summed E-state index contributed by atoms with van der Waals surface area (Å²) in [6.45, 7) is 3.65. The highest BCUT2D eigenvalue weighted by atomic mass is 17.7. The maximum Gasteiger partial charge on any atom is 0.122 e. The maximum absolute atomic E-state index is 4.54. The molecule has 1 rings (SSSR count). The molecule has 0 spiro atoms. The van der Waals surface area contributed by atoms with Crippen LogP contribution in [0.4, 0.5) is 0 Å². The first-order valence-electron chi connectivity index (χ1n) is 2.46. The van der Waals surface area contributed by atoms with Crippen LogP contribution in [-0.2, 0) is 19.9 Å². The molecule has 0 radical (unpaired) electrons. The summed E-state index contributed by atoms with van der Waals surface area (Å²) in [6, 6.07) is 0. The van der Waals surface area contributed by atoms with Gasteiger partial charge >= 0.3 is 0 Å². The zero-order valence-electron chi connectivity index (χ0n) is 4.79. The molecule has 1 heterocycles. The van der Waals surface area contributed by atoms with E-state index in [0.29, 0.717) is 0 Å². The first-order chi connectivity index (χ1) is 3.80. The SMILES string of the molecule is CC1OOOOC1C. The highest BCUT2D eigenvalue weighted by Gasteiger charge is 2.20. The van der Waals surface area contributed by atoms with E-state index in [9.17, 15) is 0 Å². The normalized spacial score (nSPS) is 39.8. The fourth-order valence-electron chi connectivity index (χ4n) is 0.312. The average molecular weight is 120 g/mol. The molecular weight excluding hydrogens is 112 g/mol. The quantitative estimate of drug-likeness (QED) is 0.438. The highest BCUT2D eigenvalue weighted by Crippen LogP contribution is 2.09. The van der Waals surface area contributed by atoms with E-state index in [-0.39, 0.29) is 12.2 Å². The summed E-state index contributed by atoms with van der Waals surface area (Å²) >= 11 is 0. The molecule has 0 aromatic heterocycles. The van der Waals surface area contributed by atoms with Gasteiger partial charge in [-0.25, -0.2) is 0 Å². The van der Waals surface area contributed by atoms with Gasteiger partial charge in [-0.1, -0.05) is 0 Å². The average Bonchev–Trinajstić information content (AvgIpc) is 1.77. The maximum atomic E-state index is 4.54. The van der Waals surface area contributed by atoms with Crippen LogP contribution in [0.25, 0.3) is 0 Å². The molecule has 1 saturated heterocycles. The van der Waals surface area contributed by atoms with Crippen LogP contribution in [0.5, 0.6) is 0 Å². The summed E-state index contributed by atoms with van der Waals surface area (Å²) in [6.07, 6.45) is -0.132. The van der Waals surface area contributed by atoms with Crippen LogP contribution in [0.15, 0.2) is 0 Å². The molecule has 2 atom stereocenters.